The number of rotatable bonds is 23. The summed E-state index contributed by atoms with van der Waals surface area (Å²) in [5.41, 5.74) is 38.1. The average Bonchev–Trinajstić information content (AvgIpc) is 1.57. The van der Waals surface area contributed by atoms with E-state index in [9.17, 15) is 42.7 Å². The number of ether oxygens (including phenoxy) is 2. The van der Waals surface area contributed by atoms with Crippen LogP contribution in [0.3, 0.4) is 0 Å². The second-order valence-corrected chi connectivity index (χ2v) is 40.6. The molecule has 5 fully saturated rings. The number of methoxy groups -OCH3 is 1. The minimum absolute atomic E-state index is 0.00797. The number of nitrogens with zero attached hydrogens (tertiary/aromatic N) is 15. The van der Waals surface area contributed by atoms with Crippen LogP contribution in [-0.4, -0.2) is 239 Å². The summed E-state index contributed by atoms with van der Waals surface area (Å²) in [6, 6.07) is 75.5. The molecular weight excluding hydrogens is 1950 g/mol. The molecule has 8 amide bonds. The van der Waals surface area contributed by atoms with E-state index in [2.05, 4.69) is 94.6 Å². The first-order chi connectivity index (χ1) is 70.6. The van der Waals surface area contributed by atoms with Gasteiger partial charge in [-0.15, -0.1) is 0 Å². The van der Waals surface area contributed by atoms with Gasteiger partial charge in [-0.3, -0.25) is 67.8 Å². The molecule has 1 aromatic heterocycles. The van der Waals surface area contributed by atoms with Gasteiger partial charge in [-0.1, -0.05) is 210 Å². The Balaban J connectivity index is 0.000000135. The van der Waals surface area contributed by atoms with Gasteiger partial charge in [0, 0.05) is 122 Å². The number of hydrogen-bond acceptors (Lipinski definition) is 23. The highest BCUT2D eigenvalue weighted by molar-refractivity contribution is 9.10. The second kappa shape index (κ2) is 45.3. The summed E-state index contributed by atoms with van der Waals surface area (Å²) in [6.45, 7) is 21.0. The molecule has 31 nitrogen and oxygen atoms in total. The van der Waals surface area contributed by atoms with Gasteiger partial charge >= 0.3 is 0 Å². The maximum Gasteiger partial charge on any atom is 0.266 e. The number of likely N-dealkylation sites (N-methyl/N-ethyl adjacent to an activating group) is 2. The summed E-state index contributed by atoms with van der Waals surface area (Å²) in [6.07, 6.45) is 8.54. The number of aliphatic imine (C=N–C) groups is 5. The van der Waals surface area contributed by atoms with Crippen molar-refractivity contribution < 1.29 is 52.2 Å². The molecule has 9 aliphatic heterocycles. The molecule has 147 heavy (non-hydrogen) atoms. The maximum absolute atomic E-state index is 14.0. The van der Waals surface area contributed by atoms with Crippen molar-refractivity contribution in [2.24, 2.45) is 71.4 Å². The number of halogens is 3. The Morgan fingerprint density at radius 3 is 1.48 bits per heavy atom. The normalized spacial score (nSPS) is 21.9. The Morgan fingerprint density at radius 1 is 0.483 bits per heavy atom. The van der Waals surface area contributed by atoms with Crippen molar-refractivity contribution in [3.05, 3.63) is 308 Å². The van der Waals surface area contributed by atoms with Gasteiger partial charge in [0.15, 0.2) is 57.5 Å². The van der Waals surface area contributed by atoms with E-state index in [0.29, 0.717) is 93.0 Å². The molecule has 10 aromatic rings. The molecule has 9 aromatic carbocycles. The van der Waals surface area contributed by atoms with Gasteiger partial charge in [0.2, 0.25) is 11.8 Å². The van der Waals surface area contributed by atoms with Crippen molar-refractivity contribution in [3.8, 4) is 39.1 Å². The number of nitrogens with two attached hydrogens (primary N) is 5. The Morgan fingerprint density at radius 2 is 0.966 bits per heavy atom. The molecule has 10 aliphatic rings. The third-order valence-electron chi connectivity index (χ3n) is 29.6. The summed E-state index contributed by atoms with van der Waals surface area (Å²) in [5.74, 6) is 2.50. The Bertz CT molecular complexity index is 6700. The van der Waals surface area contributed by atoms with Gasteiger partial charge in [-0.05, 0) is 229 Å². The Kier molecular flexibility index (Phi) is 32.5. The molecule has 0 radical (unpaired) electrons. The summed E-state index contributed by atoms with van der Waals surface area (Å²) in [7, 11) is 4.90. The number of piperidine rings is 2. The smallest absolute Gasteiger partial charge is 0.266 e. The molecule has 0 bridgehead atoms. The molecule has 11 N–H and O–H groups in total. The van der Waals surface area contributed by atoms with Crippen LogP contribution in [0.4, 0.5) is 4.39 Å². The van der Waals surface area contributed by atoms with Crippen LogP contribution < -0.4 is 38.7 Å². The molecule has 1 saturated carbocycles. The number of likely N-dealkylation sites (tertiary alicyclic amines) is 3. The summed E-state index contributed by atoms with van der Waals surface area (Å²) >= 11 is 9.46. The van der Waals surface area contributed by atoms with E-state index in [4.69, 9.17) is 59.7 Å². The van der Waals surface area contributed by atoms with E-state index in [0.717, 1.165) is 150 Å². The van der Waals surface area contributed by atoms with E-state index in [1.165, 1.54) is 39.8 Å². The van der Waals surface area contributed by atoms with Crippen molar-refractivity contribution in [2.75, 3.05) is 106 Å². The van der Waals surface area contributed by atoms with Gasteiger partial charge < -0.3 is 58.2 Å². The number of guanidine groups is 5. The van der Waals surface area contributed by atoms with Gasteiger partial charge in [0.1, 0.15) is 16.7 Å². The number of amides is 8. The molecule has 5 atom stereocenters. The number of morpholine rings is 1. The van der Waals surface area contributed by atoms with Gasteiger partial charge in [0.05, 0.1) is 32.6 Å². The zero-order chi connectivity index (χ0) is 104. The van der Waals surface area contributed by atoms with Crippen molar-refractivity contribution in [2.45, 2.75) is 140 Å². The fraction of sp³-hybridized carbons (Fsp3) is 0.363. The van der Waals surface area contributed by atoms with E-state index >= 15 is 0 Å². The lowest BCUT2D eigenvalue weighted by Crippen LogP contribution is -2.49. The Labute approximate surface area is 870 Å². The lowest BCUT2D eigenvalue weighted by Gasteiger charge is -2.33. The van der Waals surface area contributed by atoms with Gasteiger partial charge in [0.25, 0.3) is 35.4 Å². The zero-order valence-electron chi connectivity index (χ0n) is 84.5. The van der Waals surface area contributed by atoms with Crippen LogP contribution >= 0.6 is 27.5 Å². The van der Waals surface area contributed by atoms with Crippen LogP contribution in [0.5, 0.6) is 5.75 Å². The summed E-state index contributed by atoms with van der Waals surface area (Å²) in [4.78, 5) is 145. The highest BCUT2D eigenvalue weighted by Crippen LogP contribution is 2.45. The Hall–Kier alpha value is -14.4. The van der Waals surface area contributed by atoms with Crippen molar-refractivity contribution in [1.29, 1.82) is 0 Å². The monoisotopic (exact) mass is 2070 g/mol. The number of nitrogens with one attached hydrogen (secondary N) is 1. The van der Waals surface area contributed by atoms with E-state index in [1.807, 2.05) is 186 Å². The fourth-order valence-corrected chi connectivity index (χ4v) is 21.2. The highest BCUT2D eigenvalue weighted by Gasteiger charge is 2.55. The lowest BCUT2D eigenvalue weighted by molar-refractivity contribution is -0.133. The fourth-order valence-electron chi connectivity index (χ4n) is 20.6. The average molecular weight is 2070 g/mol. The summed E-state index contributed by atoms with van der Waals surface area (Å²) < 4.78 is 25.3. The number of pyridine rings is 1. The van der Waals surface area contributed by atoms with Crippen LogP contribution in [0.15, 0.2) is 272 Å². The maximum atomic E-state index is 14.0. The molecular formula is C113H128BrClFN21O10. The minimum Gasteiger partial charge on any atom is -0.497 e. The first kappa shape index (κ1) is 105. The standard InChI is InChI=1S/C30H39N5O3.C29H35N5O4.C26H26N4O.C16H14ClFN4O.C12H14BrN3O/c1-20(36)34-13-11-22(12-14-34)19-35-28(37)30(2,33-29(35)31)25-6-4-5-23(15-25)27-16-26(38-3)10-9-24(27)18-32-17-21-7-8-21;1-20(35)32-11-9-21(10-12-32)19-34-27(37)29(2,31-28(34)30)25-8-4-6-23(18-25)22-5-3-7-24(17-22)26(36)33-13-15-38-16-14-33;27-25-28-26(21-12-6-2-7-13-21,22-14-8-3-9-15-22)24(31)30(25)23-16-17-29(19-23)18-20-10-4-1-5-11-20;1-16(14(23)22(2)15(19)21-16)10-5-3-4-9(6-10)12-7-11(18)8-20-13(12)17;1-3-12(8-5-4-6-9(13)7-8)10(17)16(2)11(14)15-12/h4-6,9-10,15-16,21-22,32H,7-8,11-14,17-19H2,1-3H3,(H2,31,33);3-8,17-18,21H,9-16,19H2,1-2H3,(H2,30,31);1-15,23H,16-19H2,(H2,27,28);3-8H,1-2H3,(H2,19,21);4-7H,3H2,1-2H3,(H2,14,15). The third kappa shape index (κ3) is 22.8. The molecule has 10 heterocycles. The first-order valence-corrected chi connectivity index (χ1v) is 51.2. The topological polar surface area (TPSA) is 401 Å². The predicted molar refractivity (Wildman–Crippen MR) is 572 cm³/mol. The second-order valence-electron chi connectivity index (χ2n) is 39.3. The summed E-state index contributed by atoms with van der Waals surface area (Å²) in [5, 5.41) is 3.78. The number of benzene rings is 9. The van der Waals surface area contributed by atoms with E-state index < -0.39 is 33.5 Å². The highest BCUT2D eigenvalue weighted by atomic mass is 79.9. The van der Waals surface area contributed by atoms with E-state index in [1.54, 1.807) is 87.9 Å². The molecule has 4 saturated heterocycles. The molecule has 0 spiro atoms. The van der Waals surface area contributed by atoms with Crippen LogP contribution in [-0.2, 0) is 79.1 Å². The third-order valence-corrected chi connectivity index (χ3v) is 30.4. The molecule has 20 rings (SSSR count). The number of carbonyl (C=O) groups excluding carboxylic acids is 8. The molecule has 766 valence electrons. The largest absolute Gasteiger partial charge is 0.497 e. The SMILES string of the molecule is CC(=O)N1CCC(CN2C(=O)C(C)(c3cccc(-c4cccc(C(=O)N5CCOCC5)c4)c3)N=C2N)CC1.CCC1(c2cccc(Br)c2)N=C(N)N(C)C1=O.CN1C(=O)C(C)(c2cccc(-c3cc(F)cnc3Cl)c2)N=C1N.COc1ccc(CNCC2CC2)c(-c2cccc(C3(C)N=C(N)N(CC4CCN(C(C)=O)CC4)C3=O)c2)c1.NC1=NC(c2ccccc2)(c2ccccc2)C(=O)N1C1CCN(Cc2ccccc2)C1. The van der Waals surface area contributed by atoms with Crippen LogP contribution in [0.1, 0.15) is 148 Å². The minimum atomic E-state index is -1.13. The van der Waals surface area contributed by atoms with Crippen molar-refractivity contribution >= 4 is 105 Å². The van der Waals surface area contributed by atoms with Crippen LogP contribution in [0, 0.1) is 23.6 Å². The van der Waals surface area contributed by atoms with Crippen molar-refractivity contribution in [3.63, 3.8) is 0 Å². The van der Waals surface area contributed by atoms with Crippen LogP contribution in [0.25, 0.3) is 33.4 Å². The van der Waals surface area contributed by atoms with E-state index in [-0.39, 0.29) is 88.2 Å². The van der Waals surface area contributed by atoms with Gasteiger partial charge in [-0.25, -0.2) is 34.3 Å². The lowest BCUT2D eigenvalue weighted by atomic mass is 9.82. The van der Waals surface area contributed by atoms with Crippen LogP contribution in [0.2, 0.25) is 5.15 Å². The number of hydrogen-bond donors (Lipinski definition) is 6. The van der Waals surface area contributed by atoms with Crippen molar-refractivity contribution in [1.82, 2.24) is 54.4 Å². The predicted octanol–water partition coefficient (Wildman–Crippen LogP) is 13.7. The quantitative estimate of drug-likeness (QED) is 0.0324. The molecule has 34 heteroatoms. The van der Waals surface area contributed by atoms with Gasteiger partial charge in [-0.2, -0.15) is 0 Å². The molecule has 5 unspecified atom stereocenters. The number of carbonyl (C=O) groups is 8. The number of aromatic nitrogens is 1. The first-order valence-electron chi connectivity index (χ1n) is 50.0. The zero-order valence-corrected chi connectivity index (χ0v) is 86.8. The molecule has 1 aliphatic carbocycles.